The Hall–Kier alpha value is -1.79. The van der Waals surface area contributed by atoms with Gasteiger partial charge in [0.25, 0.3) is 0 Å². The van der Waals surface area contributed by atoms with Crippen molar-refractivity contribution < 1.29 is 4.42 Å². The van der Waals surface area contributed by atoms with E-state index in [1.807, 2.05) is 37.3 Å². The molecule has 0 fully saturated rings. The van der Waals surface area contributed by atoms with Gasteiger partial charge in [0, 0.05) is 5.02 Å². The highest BCUT2D eigenvalue weighted by molar-refractivity contribution is 9.10. The van der Waals surface area contributed by atoms with Gasteiger partial charge in [-0.1, -0.05) is 11.6 Å². The van der Waals surface area contributed by atoms with E-state index in [2.05, 4.69) is 31.3 Å². The Balaban J connectivity index is 1.92. The summed E-state index contributed by atoms with van der Waals surface area (Å²) in [5.74, 6) is 0.825. The summed E-state index contributed by atoms with van der Waals surface area (Å²) in [5.41, 5.74) is 1.72. The minimum absolute atomic E-state index is 0.0166. The largest absolute Gasteiger partial charge is 0.452 e. The summed E-state index contributed by atoms with van der Waals surface area (Å²) in [4.78, 5) is 3.97. The molecule has 1 unspecified atom stereocenters. The molecule has 0 aliphatic rings. The molecule has 5 nitrogen and oxygen atoms in total. The average Bonchev–Trinajstić information content (AvgIpc) is 3.10. The Morgan fingerprint density at radius 2 is 2.19 bits per heavy atom. The van der Waals surface area contributed by atoms with E-state index in [4.69, 9.17) is 16.0 Å². The fourth-order valence-corrected chi connectivity index (χ4v) is 2.51. The van der Waals surface area contributed by atoms with Gasteiger partial charge >= 0.3 is 0 Å². The smallest absolute Gasteiger partial charge is 0.169 e. The van der Waals surface area contributed by atoms with Crippen molar-refractivity contribution in [2.45, 2.75) is 13.0 Å². The summed E-state index contributed by atoms with van der Waals surface area (Å²) in [6.07, 6.45) is 3.13. The number of nitrogens with one attached hydrogen (secondary N) is 1. The van der Waals surface area contributed by atoms with Crippen LogP contribution in [0.25, 0.3) is 5.69 Å². The summed E-state index contributed by atoms with van der Waals surface area (Å²) >= 11 is 9.40. The van der Waals surface area contributed by atoms with Crippen molar-refractivity contribution in [2.75, 3.05) is 5.32 Å². The van der Waals surface area contributed by atoms with Gasteiger partial charge in [-0.25, -0.2) is 9.67 Å². The lowest BCUT2D eigenvalue weighted by molar-refractivity contribution is 0.471. The third-order valence-electron chi connectivity index (χ3n) is 3.02. The fourth-order valence-electron chi connectivity index (χ4n) is 2.02. The van der Waals surface area contributed by atoms with Crippen LogP contribution in [0.2, 0.25) is 5.02 Å². The summed E-state index contributed by atoms with van der Waals surface area (Å²) < 4.78 is 7.95. The van der Waals surface area contributed by atoms with Crippen molar-refractivity contribution in [1.29, 1.82) is 0 Å². The lowest BCUT2D eigenvalue weighted by Gasteiger charge is -2.16. The number of furan rings is 1. The van der Waals surface area contributed by atoms with E-state index in [0.29, 0.717) is 9.69 Å². The maximum atomic E-state index is 6.10. The molecule has 1 aromatic carbocycles. The molecule has 3 rings (SSSR count). The maximum absolute atomic E-state index is 6.10. The first kappa shape index (κ1) is 14.2. The Labute approximate surface area is 135 Å². The summed E-state index contributed by atoms with van der Waals surface area (Å²) in [6.45, 7) is 2.01. The Morgan fingerprint density at radius 1 is 1.33 bits per heavy atom. The van der Waals surface area contributed by atoms with Crippen molar-refractivity contribution in [3.05, 3.63) is 58.4 Å². The van der Waals surface area contributed by atoms with Gasteiger partial charge in [0.15, 0.2) is 4.67 Å². The van der Waals surface area contributed by atoms with E-state index in [9.17, 15) is 0 Å². The van der Waals surface area contributed by atoms with E-state index in [-0.39, 0.29) is 6.04 Å². The van der Waals surface area contributed by atoms with Crippen LogP contribution >= 0.6 is 27.5 Å². The molecule has 0 bridgehead atoms. The predicted octanol–water partition coefficient (Wildman–Crippen LogP) is 4.45. The zero-order valence-electron chi connectivity index (χ0n) is 11.1. The first-order chi connectivity index (χ1) is 10.1. The van der Waals surface area contributed by atoms with Crippen LogP contribution in [0.1, 0.15) is 18.7 Å². The number of nitrogens with zero attached hydrogens (tertiary/aromatic N) is 3. The topological polar surface area (TPSA) is 55.9 Å². The van der Waals surface area contributed by atoms with Crippen LogP contribution in [0, 0.1) is 0 Å². The Bertz CT molecular complexity index is 741. The lowest BCUT2D eigenvalue weighted by atomic mass is 10.2. The van der Waals surface area contributed by atoms with Crippen LogP contribution in [0.3, 0.4) is 0 Å². The fraction of sp³-hybridized carbons (Fsp3) is 0.143. The summed E-state index contributed by atoms with van der Waals surface area (Å²) in [6, 6.07) is 9.33. The molecule has 21 heavy (non-hydrogen) atoms. The maximum Gasteiger partial charge on any atom is 0.169 e. The number of hydrogen-bond donors (Lipinski definition) is 1. The highest BCUT2D eigenvalue weighted by Gasteiger charge is 2.13. The SMILES string of the molecule is CC(Nc1cc(Cl)ccc1-n1cncn1)c1ccc(Br)o1. The van der Waals surface area contributed by atoms with Gasteiger partial charge < -0.3 is 9.73 Å². The van der Waals surface area contributed by atoms with Gasteiger partial charge in [-0.2, -0.15) is 5.10 Å². The normalized spacial score (nSPS) is 12.3. The molecule has 3 aromatic rings. The summed E-state index contributed by atoms with van der Waals surface area (Å²) in [5, 5.41) is 8.18. The first-order valence-electron chi connectivity index (χ1n) is 6.30. The highest BCUT2D eigenvalue weighted by atomic mass is 79.9. The predicted molar refractivity (Wildman–Crippen MR) is 84.8 cm³/mol. The quantitative estimate of drug-likeness (QED) is 0.740. The van der Waals surface area contributed by atoms with E-state index in [1.54, 1.807) is 11.0 Å². The van der Waals surface area contributed by atoms with E-state index >= 15 is 0 Å². The van der Waals surface area contributed by atoms with Gasteiger partial charge in [-0.3, -0.25) is 0 Å². The average molecular weight is 368 g/mol. The molecular weight excluding hydrogens is 356 g/mol. The van der Waals surface area contributed by atoms with E-state index in [0.717, 1.165) is 17.1 Å². The van der Waals surface area contributed by atoms with Gasteiger partial charge in [-0.15, -0.1) is 0 Å². The van der Waals surface area contributed by atoms with Gasteiger partial charge in [0.2, 0.25) is 0 Å². The molecule has 0 saturated carbocycles. The standard InChI is InChI=1S/C14H12BrClN4O/c1-9(13-4-5-14(15)21-13)19-11-6-10(16)2-3-12(11)20-8-17-7-18-20/h2-9,19H,1H3. The Morgan fingerprint density at radius 3 is 2.86 bits per heavy atom. The van der Waals surface area contributed by atoms with E-state index < -0.39 is 0 Å². The minimum Gasteiger partial charge on any atom is -0.452 e. The molecule has 1 atom stereocenters. The monoisotopic (exact) mass is 366 g/mol. The molecule has 2 aromatic heterocycles. The number of benzene rings is 1. The van der Waals surface area contributed by atoms with Crippen LogP contribution < -0.4 is 5.32 Å². The van der Waals surface area contributed by atoms with E-state index in [1.165, 1.54) is 6.33 Å². The summed E-state index contributed by atoms with van der Waals surface area (Å²) in [7, 11) is 0. The number of hydrogen-bond acceptors (Lipinski definition) is 4. The molecule has 0 radical (unpaired) electrons. The van der Waals surface area contributed by atoms with Crippen molar-refractivity contribution >= 4 is 33.2 Å². The van der Waals surface area contributed by atoms with Crippen molar-refractivity contribution in [3.63, 3.8) is 0 Å². The van der Waals surface area contributed by atoms with Crippen molar-refractivity contribution in [2.24, 2.45) is 0 Å². The van der Waals surface area contributed by atoms with Gasteiger partial charge in [0.1, 0.15) is 18.4 Å². The van der Waals surface area contributed by atoms with Crippen molar-refractivity contribution in [1.82, 2.24) is 14.8 Å². The Kier molecular flexibility index (Phi) is 3.98. The number of aromatic nitrogens is 3. The van der Waals surface area contributed by atoms with Gasteiger partial charge in [-0.05, 0) is 53.2 Å². The molecule has 0 aliphatic heterocycles. The number of halogens is 2. The molecule has 0 amide bonds. The molecule has 0 spiro atoms. The van der Waals surface area contributed by atoms with Crippen LogP contribution in [-0.2, 0) is 0 Å². The second-order valence-corrected chi connectivity index (χ2v) is 5.73. The van der Waals surface area contributed by atoms with Crippen LogP contribution in [0.5, 0.6) is 0 Å². The first-order valence-corrected chi connectivity index (χ1v) is 7.47. The van der Waals surface area contributed by atoms with Crippen molar-refractivity contribution in [3.8, 4) is 5.69 Å². The highest BCUT2D eigenvalue weighted by Crippen LogP contribution is 2.29. The molecule has 2 heterocycles. The molecule has 7 heteroatoms. The number of anilines is 1. The second-order valence-electron chi connectivity index (χ2n) is 4.51. The lowest BCUT2D eigenvalue weighted by Crippen LogP contribution is -2.09. The van der Waals surface area contributed by atoms with Crippen LogP contribution in [0.15, 0.2) is 52.1 Å². The zero-order chi connectivity index (χ0) is 14.8. The van der Waals surface area contributed by atoms with Crippen LogP contribution in [0.4, 0.5) is 5.69 Å². The molecule has 0 aliphatic carbocycles. The third kappa shape index (κ3) is 3.11. The molecule has 108 valence electrons. The molecule has 1 N–H and O–H groups in total. The van der Waals surface area contributed by atoms with Crippen LogP contribution in [-0.4, -0.2) is 14.8 Å². The third-order valence-corrected chi connectivity index (χ3v) is 3.68. The molecular formula is C14H12BrClN4O. The second kappa shape index (κ2) is 5.91. The van der Waals surface area contributed by atoms with Gasteiger partial charge in [0.05, 0.1) is 17.4 Å². The molecule has 0 saturated heterocycles. The minimum atomic E-state index is -0.0166. The number of rotatable bonds is 4. The zero-order valence-corrected chi connectivity index (χ0v) is 13.5.